The lowest BCUT2D eigenvalue weighted by Crippen LogP contribution is -2.42. The van der Waals surface area contributed by atoms with Crippen LogP contribution in [-0.2, 0) is 16.6 Å². The molecule has 2 fully saturated rings. The predicted octanol–water partition coefficient (Wildman–Crippen LogP) is 4.69. The van der Waals surface area contributed by atoms with Crippen molar-refractivity contribution in [3.63, 3.8) is 0 Å². The van der Waals surface area contributed by atoms with Crippen LogP contribution >= 0.6 is 11.6 Å². The Balaban J connectivity index is 1.29. The number of sulfonamides is 1. The number of benzene rings is 2. The van der Waals surface area contributed by atoms with Gasteiger partial charge < -0.3 is 4.74 Å². The number of halogens is 3. The maximum atomic E-state index is 13.9. The molecule has 0 amide bonds. The van der Waals surface area contributed by atoms with Crippen molar-refractivity contribution >= 4 is 21.6 Å². The van der Waals surface area contributed by atoms with Crippen LogP contribution in [0.2, 0.25) is 5.02 Å². The van der Waals surface area contributed by atoms with E-state index in [2.05, 4.69) is 4.90 Å². The molecule has 1 saturated heterocycles. The fraction of sp³-hybridized carbons (Fsp3) is 0.478. The summed E-state index contributed by atoms with van der Waals surface area (Å²) in [6.07, 6.45) is 3.74. The summed E-state index contributed by atoms with van der Waals surface area (Å²) in [4.78, 5) is 1.48. The molecule has 174 valence electrons. The summed E-state index contributed by atoms with van der Waals surface area (Å²) in [5.74, 6) is -1.43. The highest BCUT2D eigenvalue weighted by molar-refractivity contribution is 7.89. The van der Waals surface area contributed by atoms with Gasteiger partial charge in [0.15, 0.2) is 4.90 Å². The van der Waals surface area contributed by atoms with E-state index in [1.807, 2.05) is 18.2 Å². The molecule has 5 nitrogen and oxygen atoms in total. The first-order valence-electron chi connectivity index (χ1n) is 10.8. The minimum Gasteiger partial charge on any atom is -0.490 e. The molecular formula is C23H27ClF2N2O3S. The minimum atomic E-state index is -4.25. The van der Waals surface area contributed by atoms with Crippen LogP contribution in [0.5, 0.6) is 5.75 Å². The van der Waals surface area contributed by atoms with Gasteiger partial charge in [-0.25, -0.2) is 21.5 Å². The standard InChI is InChI=1S/C23H27ClF2N2O3S/c1-27(32(29,30)23-21(25)5-4-6-22(23)26)14-16-11-19(12-16)31-18-8-7-17(20(24)13-18)15-28-9-2-3-10-28/h4-8,13,16,19H,2-3,9-12,14-15H2,1H3. The van der Waals surface area contributed by atoms with Gasteiger partial charge in [-0.15, -0.1) is 0 Å². The summed E-state index contributed by atoms with van der Waals surface area (Å²) in [6, 6.07) is 8.77. The summed E-state index contributed by atoms with van der Waals surface area (Å²) in [5, 5.41) is 0.683. The van der Waals surface area contributed by atoms with Crippen LogP contribution in [0.15, 0.2) is 41.3 Å². The fourth-order valence-electron chi connectivity index (χ4n) is 4.37. The van der Waals surface area contributed by atoms with E-state index in [0.717, 1.165) is 47.7 Å². The van der Waals surface area contributed by atoms with Gasteiger partial charge in [0, 0.05) is 25.2 Å². The average Bonchev–Trinajstić information content (AvgIpc) is 3.21. The van der Waals surface area contributed by atoms with E-state index in [4.69, 9.17) is 16.3 Å². The largest absolute Gasteiger partial charge is 0.490 e. The number of rotatable bonds is 8. The van der Waals surface area contributed by atoms with Crippen molar-refractivity contribution < 1.29 is 21.9 Å². The molecule has 1 aliphatic carbocycles. The molecule has 0 bridgehead atoms. The van der Waals surface area contributed by atoms with Crippen LogP contribution < -0.4 is 4.74 Å². The predicted molar refractivity (Wildman–Crippen MR) is 119 cm³/mol. The van der Waals surface area contributed by atoms with E-state index in [1.54, 1.807) is 0 Å². The highest BCUT2D eigenvalue weighted by Crippen LogP contribution is 2.34. The summed E-state index contributed by atoms with van der Waals surface area (Å²) in [5.41, 5.74) is 1.08. The Morgan fingerprint density at radius 3 is 2.41 bits per heavy atom. The van der Waals surface area contributed by atoms with Crippen LogP contribution in [0.4, 0.5) is 8.78 Å². The highest BCUT2D eigenvalue weighted by atomic mass is 35.5. The Hall–Kier alpha value is -1.74. The molecule has 2 aromatic carbocycles. The van der Waals surface area contributed by atoms with Crippen molar-refractivity contribution in [1.82, 2.24) is 9.21 Å². The SMILES string of the molecule is CN(CC1CC(Oc2ccc(CN3CCCC3)c(Cl)c2)C1)S(=O)(=O)c1c(F)cccc1F. The third-order valence-corrected chi connectivity index (χ3v) is 8.44. The fourth-order valence-corrected chi connectivity index (χ4v) is 5.95. The van der Waals surface area contributed by atoms with Crippen LogP contribution in [0.25, 0.3) is 0 Å². The topological polar surface area (TPSA) is 49.9 Å². The first kappa shape index (κ1) is 23.4. The smallest absolute Gasteiger partial charge is 0.248 e. The van der Waals surface area contributed by atoms with Crippen LogP contribution in [0, 0.1) is 17.6 Å². The van der Waals surface area contributed by atoms with E-state index < -0.39 is 26.6 Å². The molecular weight excluding hydrogens is 458 g/mol. The molecule has 9 heteroatoms. The molecule has 1 aliphatic heterocycles. The molecule has 2 aliphatic rings. The molecule has 0 N–H and O–H groups in total. The van der Waals surface area contributed by atoms with Crippen LogP contribution in [0.1, 0.15) is 31.2 Å². The highest BCUT2D eigenvalue weighted by Gasteiger charge is 2.36. The van der Waals surface area contributed by atoms with E-state index in [0.29, 0.717) is 23.6 Å². The van der Waals surface area contributed by atoms with Gasteiger partial charge in [-0.2, -0.15) is 0 Å². The number of ether oxygens (including phenoxy) is 1. The van der Waals surface area contributed by atoms with E-state index in [1.165, 1.54) is 19.9 Å². The maximum Gasteiger partial charge on any atom is 0.248 e. The molecule has 0 aromatic heterocycles. The second-order valence-corrected chi connectivity index (χ2v) is 11.0. The van der Waals surface area contributed by atoms with Crippen molar-refractivity contribution in [3.05, 3.63) is 58.6 Å². The molecule has 4 rings (SSSR count). The Kier molecular flexibility index (Phi) is 7.05. The quantitative estimate of drug-likeness (QED) is 0.545. The number of hydrogen-bond donors (Lipinski definition) is 0. The van der Waals surface area contributed by atoms with Crippen molar-refractivity contribution in [3.8, 4) is 5.75 Å². The summed E-state index contributed by atoms with van der Waals surface area (Å²) in [6.45, 7) is 3.22. The third kappa shape index (κ3) is 5.09. The van der Waals surface area contributed by atoms with Crippen molar-refractivity contribution in [2.75, 3.05) is 26.7 Å². The first-order valence-corrected chi connectivity index (χ1v) is 12.6. The van der Waals surface area contributed by atoms with Crippen molar-refractivity contribution in [1.29, 1.82) is 0 Å². The van der Waals surface area contributed by atoms with Gasteiger partial charge in [-0.05, 0) is 74.5 Å². The molecule has 1 saturated carbocycles. The van der Waals surface area contributed by atoms with Gasteiger partial charge in [0.05, 0.1) is 6.10 Å². The molecule has 32 heavy (non-hydrogen) atoms. The Morgan fingerprint density at radius 1 is 1.12 bits per heavy atom. The Morgan fingerprint density at radius 2 is 1.78 bits per heavy atom. The van der Waals surface area contributed by atoms with Gasteiger partial charge in [-0.1, -0.05) is 23.7 Å². The summed E-state index contributed by atoms with van der Waals surface area (Å²) >= 11 is 6.44. The van der Waals surface area contributed by atoms with Crippen molar-refractivity contribution in [2.45, 2.75) is 43.2 Å². The van der Waals surface area contributed by atoms with Gasteiger partial charge in [0.25, 0.3) is 0 Å². The van der Waals surface area contributed by atoms with Crippen LogP contribution in [-0.4, -0.2) is 50.4 Å². The second-order valence-electron chi connectivity index (χ2n) is 8.65. The normalized spacial score (nSPS) is 21.7. The summed E-state index contributed by atoms with van der Waals surface area (Å²) in [7, 11) is -2.91. The first-order chi connectivity index (χ1) is 15.2. The third-order valence-electron chi connectivity index (χ3n) is 6.21. The zero-order valence-corrected chi connectivity index (χ0v) is 19.5. The number of hydrogen-bond acceptors (Lipinski definition) is 4. The van der Waals surface area contributed by atoms with Crippen molar-refractivity contribution in [2.24, 2.45) is 5.92 Å². The van der Waals surface area contributed by atoms with E-state index in [9.17, 15) is 17.2 Å². The molecule has 2 aromatic rings. The van der Waals surface area contributed by atoms with E-state index >= 15 is 0 Å². The Bertz CT molecular complexity index is 1050. The van der Waals surface area contributed by atoms with Gasteiger partial charge in [-0.3, -0.25) is 4.90 Å². The molecule has 1 heterocycles. The number of likely N-dealkylation sites (tertiary alicyclic amines) is 1. The van der Waals surface area contributed by atoms with Crippen LogP contribution in [0.3, 0.4) is 0 Å². The van der Waals surface area contributed by atoms with E-state index in [-0.39, 0.29) is 18.6 Å². The molecule has 0 unspecified atom stereocenters. The molecule has 0 spiro atoms. The Labute approximate surface area is 193 Å². The minimum absolute atomic E-state index is 0.0400. The van der Waals surface area contributed by atoms with Gasteiger partial charge in [0.1, 0.15) is 17.4 Å². The van der Waals surface area contributed by atoms with Gasteiger partial charge in [0.2, 0.25) is 10.0 Å². The number of nitrogens with zero attached hydrogens (tertiary/aromatic N) is 2. The average molecular weight is 485 g/mol. The zero-order chi connectivity index (χ0) is 22.9. The maximum absolute atomic E-state index is 13.9. The lowest BCUT2D eigenvalue weighted by Gasteiger charge is -2.37. The monoisotopic (exact) mass is 484 g/mol. The lowest BCUT2D eigenvalue weighted by molar-refractivity contribution is 0.0575. The van der Waals surface area contributed by atoms with Gasteiger partial charge >= 0.3 is 0 Å². The molecule has 0 atom stereocenters. The molecule has 0 radical (unpaired) electrons. The zero-order valence-electron chi connectivity index (χ0n) is 17.9. The summed E-state index contributed by atoms with van der Waals surface area (Å²) < 4.78 is 60.1. The lowest BCUT2D eigenvalue weighted by atomic mass is 9.82. The second kappa shape index (κ2) is 9.63.